The third-order valence-electron chi connectivity index (χ3n) is 2.49. The molecule has 66 valence electrons. The molecule has 0 spiro atoms. The van der Waals surface area contributed by atoms with Gasteiger partial charge in [-0.2, -0.15) is 0 Å². The van der Waals surface area contributed by atoms with Gasteiger partial charge in [-0.25, -0.2) is 4.39 Å². The molecule has 4 unspecified atom stereocenters. The Morgan fingerprint density at radius 1 is 1.45 bits per heavy atom. The molecule has 1 saturated carbocycles. The van der Waals surface area contributed by atoms with E-state index < -0.39 is 18.2 Å². The van der Waals surface area contributed by atoms with Crippen molar-refractivity contribution in [1.29, 1.82) is 0 Å². The molecule has 4 atom stereocenters. The molecule has 11 heavy (non-hydrogen) atoms. The standard InChI is InChI=1S/C8H13ClF2/c1-5-2-3-6(4-10)7(9)8(5)11/h5-8H,2-4H2,1H3. The number of alkyl halides is 3. The molecule has 0 saturated heterocycles. The number of rotatable bonds is 1. The smallest absolute Gasteiger partial charge is 0.119 e. The fourth-order valence-electron chi connectivity index (χ4n) is 1.53. The average molecular weight is 183 g/mol. The van der Waals surface area contributed by atoms with Gasteiger partial charge in [0.1, 0.15) is 6.17 Å². The first-order valence-electron chi connectivity index (χ1n) is 4.01. The summed E-state index contributed by atoms with van der Waals surface area (Å²) in [5.41, 5.74) is 0. The van der Waals surface area contributed by atoms with Crippen molar-refractivity contribution in [3.63, 3.8) is 0 Å². The molecular formula is C8H13ClF2. The highest BCUT2D eigenvalue weighted by molar-refractivity contribution is 6.21. The van der Waals surface area contributed by atoms with Crippen LogP contribution in [0.1, 0.15) is 19.8 Å². The Hall–Kier alpha value is 0.150. The molecule has 3 heteroatoms. The van der Waals surface area contributed by atoms with Gasteiger partial charge >= 0.3 is 0 Å². The van der Waals surface area contributed by atoms with Gasteiger partial charge in [-0.15, -0.1) is 11.6 Å². The summed E-state index contributed by atoms with van der Waals surface area (Å²) in [6, 6.07) is 0. The molecule has 1 aliphatic carbocycles. The Labute approximate surface area is 70.9 Å². The fourth-order valence-corrected chi connectivity index (χ4v) is 1.97. The third-order valence-corrected chi connectivity index (χ3v) is 3.09. The van der Waals surface area contributed by atoms with Crippen LogP contribution in [0.15, 0.2) is 0 Å². The summed E-state index contributed by atoms with van der Waals surface area (Å²) in [6.45, 7) is 1.34. The van der Waals surface area contributed by atoms with Crippen LogP contribution in [-0.4, -0.2) is 18.2 Å². The second kappa shape index (κ2) is 3.70. The summed E-state index contributed by atoms with van der Waals surface area (Å²) in [5.74, 6) is -0.261. The molecule has 0 heterocycles. The number of halogens is 3. The zero-order chi connectivity index (χ0) is 8.43. The second-order valence-electron chi connectivity index (χ2n) is 3.36. The van der Waals surface area contributed by atoms with Crippen LogP contribution in [0.3, 0.4) is 0 Å². The summed E-state index contributed by atoms with van der Waals surface area (Å²) < 4.78 is 25.3. The predicted octanol–water partition coefficient (Wildman–Crippen LogP) is 2.95. The van der Waals surface area contributed by atoms with Crippen molar-refractivity contribution < 1.29 is 8.78 Å². The van der Waals surface area contributed by atoms with E-state index in [-0.39, 0.29) is 11.8 Å². The van der Waals surface area contributed by atoms with E-state index in [1.165, 1.54) is 0 Å². The fraction of sp³-hybridized carbons (Fsp3) is 1.00. The maximum atomic E-state index is 13.1. The van der Waals surface area contributed by atoms with Crippen molar-refractivity contribution in [3.8, 4) is 0 Å². The highest BCUT2D eigenvalue weighted by Gasteiger charge is 2.36. The van der Waals surface area contributed by atoms with Gasteiger partial charge in [0.25, 0.3) is 0 Å². The van der Waals surface area contributed by atoms with Crippen LogP contribution in [-0.2, 0) is 0 Å². The van der Waals surface area contributed by atoms with Crippen LogP contribution in [0, 0.1) is 11.8 Å². The van der Waals surface area contributed by atoms with Gasteiger partial charge in [0.05, 0.1) is 12.1 Å². The van der Waals surface area contributed by atoms with Crippen molar-refractivity contribution in [1.82, 2.24) is 0 Å². The van der Waals surface area contributed by atoms with Crippen LogP contribution < -0.4 is 0 Å². The summed E-state index contributed by atoms with van der Waals surface area (Å²) in [4.78, 5) is 0. The van der Waals surface area contributed by atoms with Crippen LogP contribution in [0.5, 0.6) is 0 Å². The first kappa shape index (κ1) is 9.24. The number of hydrogen-bond donors (Lipinski definition) is 0. The molecule has 1 aliphatic rings. The monoisotopic (exact) mass is 182 g/mol. The Morgan fingerprint density at radius 3 is 2.64 bits per heavy atom. The summed E-state index contributed by atoms with van der Waals surface area (Å²) >= 11 is 5.71. The van der Waals surface area contributed by atoms with E-state index in [2.05, 4.69) is 0 Å². The van der Waals surface area contributed by atoms with Crippen LogP contribution in [0.2, 0.25) is 0 Å². The lowest BCUT2D eigenvalue weighted by Crippen LogP contribution is -2.36. The van der Waals surface area contributed by atoms with E-state index in [9.17, 15) is 8.78 Å². The topological polar surface area (TPSA) is 0 Å². The van der Waals surface area contributed by atoms with Crippen LogP contribution in [0.25, 0.3) is 0 Å². The van der Waals surface area contributed by atoms with E-state index in [1.54, 1.807) is 0 Å². The molecule has 0 aromatic carbocycles. The lowest BCUT2D eigenvalue weighted by Gasteiger charge is -2.32. The zero-order valence-electron chi connectivity index (χ0n) is 6.56. The molecule has 0 amide bonds. The van der Waals surface area contributed by atoms with Gasteiger partial charge in [-0.05, 0) is 18.8 Å². The van der Waals surface area contributed by atoms with Crippen LogP contribution >= 0.6 is 11.6 Å². The van der Waals surface area contributed by atoms with E-state index in [0.717, 1.165) is 12.8 Å². The summed E-state index contributed by atoms with van der Waals surface area (Å²) in [7, 11) is 0. The number of hydrogen-bond acceptors (Lipinski definition) is 0. The normalized spacial score (nSPS) is 45.8. The van der Waals surface area contributed by atoms with E-state index in [0.29, 0.717) is 0 Å². The van der Waals surface area contributed by atoms with Gasteiger partial charge in [0.2, 0.25) is 0 Å². The van der Waals surface area contributed by atoms with Crippen LogP contribution in [0.4, 0.5) is 8.78 Å². The summed E-state index contributed by atoms with van der Waals surface area (Å²) in [6.07, 6.45) is 0.469. The quantitative estimate of drug-likeness (QED) is 0.547. The lowest BCUT2D eigenvalue weighted by molar-refractivity contribution is 0.128. The van der Waals surface area contributed by atoms with Gasteiger partial charge in [-0.1, -0.05) is 6.92 Å². The molecular weight excluding hydrogens is 170 g/mol. The molecule has 0 aromatic rings. The van der Waals surface area contributed by atoms with Crippen molar-refractivity contribution in [2.75, 3.05) is 6.67 Å². The third kappa shape index (κ3) is 1.84. The van der Waals surface area contributed by atoms with Gasteiger partial charge in [-0.3, -0.25) is 4.39 Å². The van der Waals surface area contributed by atoms with E-state index in [1.807, 2.05) is 6.92 Å². The molecule has 0 aliphatic heterocycles. The van der Waals surface area contributed by atoms with Gasteiger partial charge in [0.15, 0.2) is 0 Å². The minimum atomic E-state index is -1.02. The molecule has 1 rings (SSSR count). The molecule has 0 nitrogen and oxygen atoms in total. The Bertz CT molecular complexity index is 127. The Kier molecular flexibility index (Phi) is 3.11. The predicted molar refractivity (Wildman–Crippen MR) is 42.4 cm³/mol. The highest BCUT2D eigenvalue weighted by atomic mass is 35.5. The maximum Gasteiger partial charge on any atom is 0.119 e. The minimum Gasteiger partial charge on any atom is -0.251 e. The van der Waals surface area contributed by atoms with Crippen molar-refractivity contribution >= 4 is 11.6 Å². The van der Waals surface area contributed by atoms with E-state index in [4.69, 9.17) is 11.6 Å². The van der Waals surface area contributed by atoms with E-state index >= 15 is 0 Å². The largest absolute Gasteiger partial charge is 0.251 e. The SMILES string of the molecule is CC1CCC(CF)C(Cl)C1F. The van der Waals surface area contributed by atoms with Crippen molar-refractivity contribution in [3.05, 3.63) is 0 Å². The minimum absolute atomic E-state index is 0.000278. The maximum absolute atomic E-state index is 13.1. The summed E-state index contributed by atoms with van der Waals surface area (Å²) in [5, 5.41) is -0.608. The second-order valence-corrected chi connectivity index (χ2v) is 3.86. The Balaban J connectivity index is 2.52. The Morgan fingerprint density at radius 2 is 2.09 bits per heavy atom. The highest BCUT2D eigenvalue weighted by Crippen LogP contribution is 2.34. The van der Waals surface area contributed by atoms with Gasteiger partial charge < -0.3 is 0 Å². The first-order chi connectivity index (χ1) is 5.16. The lowest BCUT2D eigenvalue weighted by atomic mass is 9.82. The van der Waals surface area contributed by atoms with Crippen molar-refractivity contribution in [2.24, 2.45) is 11.8 Å². The first-order valence-corrected chi connectivity index (χ1v) is 4.44. The van der Waals surface area contributed by atoms with Gasteiger partial charge in [0, 0.05) is 5.92 Å². The molecule has 0 N–H and O–H groups in total. The average Bonchev–Trinajstić information content (AvgIpc) is 2.01. The van der Waals surface area contributed by atoms with Crippen molar-refractivity contribution in [2.45, 2.75) is 31.3 Å². The molecule has 1 fully saturated rings. The molecule has 0 bridgehead atoms. The molecule has 0 radical (unpaired) electrons. The zero-order valence-corrected chi connectivity index (χ0v) is 7.32. The molecule has 0 aromatic heterocycles.